The standard InChI is InChI=1S/C17H18BrNO3S2/c1-2-3-9-22-15(20)7-8-19-16(21)14(24-17(19)23)11-12-5-4-6-13(18)10-12/h4-6,10-11H,2-3,7-9H2,1H3/b14-11-. The topological polar surface area (TPSA) is 46.6 Å². The summed E-state index contributed by atoms with van der Waals surface area (Å²) in [7, 11) is 0. The summed E-state index contributed by atoms with van der Waals surface area (Å²) in [5.41, 5.74) is 0.920. The Balaban J connectivity index is 1.95. The fourth-order valence-corrected chi connectivity index (χ4v) is 3.77. The van der Waals surface area contributed by atoms with Gasteiger partial charge in [-0.2, -0.15) is 0 Å². The van der Waals surface area contributed by atoms with Crippen LogP contribution in [0.4, 0.5) is 0 Å². The Bertz CT molecular complexity index is 676. The van der Waals surface area contributed by atoms with Gasteiger partial charge in [-0.3, -0.25) is 14.5 Å². The highest BCUT2D eigenvalue weighted by Crippen LogP contribution is 2.32. The number of amides is 1. The van der Waals surface area contributed by atoms with Gasteiger partial charge in [-0.25, -0.2) is 0 Å². The maximum Gasteiger partial charge on any atom is 0.307 e. The minimum atomic E-state index is -0.298. The van der Waals surface area contributed by atoms with Gasteiger partial charge in [0.2, 0.25) is 0 Å². The summed E-state index contributed by atoms with van der Waals surface area (Å²) in [4.78, 5) is 26.2. The lowest BCUT2D eigenvalue weighted by atomic mass is 10.2. The highest BCUT2D eigenvalue weighted by Gasteiger charge is 2.32. The van der Waals surface area contributed by atoms with Crippen LogP contribution in [0.25, 0.3) is 6.08 Å². The lowest BCUT2D eigenvalue weighted by Gasteiger charge is -2.13. The summed E-state index contributed by atoms with van der Waals surface area (Å²) < 4.78 is 6.52. The zero-order valence-electron chi connectivity index (χ0n) is 13.3. The highest BCUT2D eigenvalue weighted by atomic mass is 79.9. The van der Waals surface area contributed by atoms with Crippen LogP contribution in [-0.4, -0.2) is 34.2 Å². The van der Waals surface area contributed by atoms with Gasteiger partial charge in [0.1, 0.15) is 4.32 Å². The van der Waals surface area contributed by atoms with Crippen LogP contribution < -0.4 is 0 Å². The summed E-state index contributed by atoms with van der Waals surface area (Å²) in [6.45, 7) is 2.72. The molecule has 4 nitrogen and oxygen atoms in total. The van der Waals surface area contributed by atoms with E-state index < -0.39 is 0 Å². The quantitative estimate of drug-likeness (QED) is 0.279. The van der Waals surface area contributed by atoms with Gasteiger partial charge in [0.15, 0.2) is 0 Å². The predicted octanol–water partition coefficient (Wildman–Crippen LogP) is 4.38. The Morgan fingerprint density at radius 1 is 1.46 bits per heavy atom. The molecular weight excluding hydrogens is 410 g/mol. The van der Waals surface area contributed by atoms with Crippen molar-refractivity contribution in [2.24, 2.45) is 0 Å². The predicted molar refractivity (Wildman–Crippen MR) is 105 cm³/mol. The zero-order chi connectivity index (χ0) is 17.5. The lowest BCUT2D eigenvalue weighted by Crippen LogP contribution is -2.30. The fraction of sp³-hybridized carbons (Fsp3) is 0.353. The molecule has 2 rings (SSSR count). The molecule has 0 N–H and O–H groups in total. The summed E-state index contributed by atoms with van der Waals surface area (Å²) in [6.07, 6.45) is 3.79. The van der Waals surface area contributed by atoms with Crippen LogP contribution >= 0.6 is 39.9 Å². The summed E-state index contributed by atoms with van der Waals surface area (Å²) in [5, 5.41) is 0. The number of carbonyl (C=O) groups is 2. The number of hydrogen-bond acceptors (Lipinski definition) is 5. The van der Waals surface area contributed by atoms with Crippen LogP contribution in [-0.2, 0) is 14.3 Å². The van der Waals surface area contributed by atoms with Crippen LogP contribution in [0.1, 0.15) is 31.7 Å². The summed E-state index contributed by atoms with van der Waals surface area (Å²) in [5.74, 6) is -0.459. The van der Waals surface area contributed by atoms with Crippen molar-refractivity contribution in [2.45, 2.75) is 26.2 Å². The molecule has 7 heteroatoms. The molecule has 1 aromatic carbocycles. The van der Waals surface area contributed by atoms with Crippen LogP contribution in [0.2, 0.25) is 0 Å². The first-order chi connectivity index (χ1) is 11.5. The molecule has 0 radical (unpaired) electrons. The average Bonchev–Trinajstić information content (AvgIpc) is 2.80. The number of carbonyl (C=O) groups excluding carboxylic acids is 2. The van der Waals surface area contributed by atoms with Crippen molar-refractivity contribution in [1.82, 2.24) is 4.90 Å². The first-order valence-corrected chi connectivity index (χ1v) is 9.69. The molecule has 0 spiro atoms. The normalized spacial score (nSPS) is 16.1. The number of halogens is 1. The Morgan fingerprint density at radius 3 is 2.96 bits per heavy atom. The maximum absolute atomic E-state index is 12.5. The first kappa shape index (κ1) is 19.1. The number of thiocarbonyl (C=S) groups is 1. The number of hydrogen-bond donors (Lipinski definition) is 0. The van der Waals surface area contributed by atoms with Gasteiger partial charge in [-0.15, -0.1) is 0 Å². The van der Waals surface area contributed by atoms with Crippen molar-refractivity contribution in [1.29, 1.82) is 0 Å². The molecule has 1 fully saturated rings. The van der Waals surface area contributed by atoms with E-state index in [0.29, 0.717) is 15.8 Å². The van der Waals surface area contributed by atoms with E-state index in [9.17, 15) is 9.59 Å². The fourth-order valence-electron chi connectivity index (χ4n) is 2.05. The smallest absolute Gasteiger partial charge is 0.307 e. The van der Waals surface area contributed by atoms with E-state index in [-0.39, 0.29) is 24.8 Å². The number of benzene rings is 1. The minimum Gasteiger partial charge on any atom is -0.466 e. The van der Waals surface area contributed by atoms with Crippen LogP contribution in [0.3, 0.4) is 0 Å². The maximum atomic E-state index is 12.5. The van der Waals surface area contributed by atoms with Crippen molar-refractivity contribution in [2.75, 3.05) is 13.2 Å². The lowest BCUT2D eigenvalue weighted by molar-refractivity contribution is -0.144. The van der Waals surface area contributed by atoms with Gasteiger partial charge in [0, 0.05) is 11.0 Å². The van der Waals surface area contributed by atoms with Gasteiger partial charge in [0.05, 0.1) is 17.9 Å². The summed E-state index contributed by atoms with van der Waals surface area (Å²) in [6, 6.07) is 7.68. The van der Waals surface area contributed by atoms with Crippen LogP contribution in [0, 0.1) is 0 Å². The van der Waals surface area contributed by atoms with Crippen molar-refractivity contribution in [3.63, 3.8) is 0 Å². The largest absolute Gasteiger partial charge is 0.466 e. The van der Waals surface area contributed by atoms with Crippen molar-refractivity contribution in [3.8, 4) is 0 Å². The monoisotopic (exact) mass is 427 g/mol. The second kappa shape index (κ2) is 9.34. The van der Waals surface area contributed by atoms with Gasteiger partial charge >= 0.3 is 5.97 Å². The average molecular weight is 428 g/mol. The molecule has 0 atom stereocenters. The highest BCUT2D eigenvalue weighted by molar-refractivity contribution is 9.10. The number of ether oxygens (including phenoxy) is 1. The molecule has 1 amide bonds. The molecule has 0 bridgehead atoms. The van der Waals surface area contributed by atoms with Crippen molar-refractivity contribution in [3.05, 3.63) is 39.2 Å². The third-order valence-corrected chi connectivity index (χ3v) is 5.19. The third kappa shape index (κ3) is 5.43. The molecule has 0 aromatic heterocycles. The number of rotatable bonds is 7. The molecular formula is C17H18BrNO3S2. The number of nitrogens with zero attached hydrogens (tertiary/aromatic N) is 1. The van der Waals surface area contributed by atoms with E-state index in [1.165, 1.54) is 16.7 Å². The van der Waals surface area contributed by atoms with E-state index in [2.05, 4.69) is 15.9 Å². The van der Waals surface area contributed by atoms with Gasteiger partial charge < -0.3 is 4.74 Å². The van der Waals surface area contributed by atoms with Crippen LogP contribution in [0.5, 0.6) is 0 Å². The molecule has 1 aliphatic heterocycles. The number of esters is 1. The number of thioether (sulfide) groups is 1. The molecule has 1 aromatic rings. The van der Waals surface area contributed by atoms with E-state index in [1.54, 1.807) is 0 Å². The molecule has 0 saturated carbocycles. The Hall–Kier alpha value is -1.18. The van der Waals surface area contributed by atoms with E-state index in [0.717, 1.165) is 22.9 Å². The second-order valence-corrected chi connectivity index (χ2v) is 7.80. The molecule has 0 aliphatic carbocycles. The second-order valence-electron chi connectivity index (χ2n) is 5.21. The molecule has 128 valence electrons. The molecule has 1 saturated heterocycles. The van der Waals surface area contributed by atoms with Gasteiger partial charge in [-0.1, -0.05) is 65.4 Å². The molecule has 24 heavy (non-hydrogen) atoms. The molecule has 1 aliphatic rings. The number of unbranched alkanes of at least 4 members (excludes halogenated alkanes) is 1. The van der Waals surface area contributed by atoms with E-state index >= 15 is 0 Å². The van der Waals surface area contributed by atoms with Crippen LogP contribution in [0.15, 0.2) is 33.6 Å². The third-order valence-electron chi connectivity index (χ3n) is 3.32. The summed E-state index contributed by atoms with van der Waals surface area (Å²) >= 11 is 9.93. The van der Waals surface area contributed by atoms with Gasteiger partial charge in [-0.05, 0) is 30.2 Å². The van der Waals surface area contributed by atoms with Crippen molar-refractivity contribution < 1.29 is 14.3 Å². The molecule has 0 unspecified atom stereocenters. The molecule has 1 heterocycles. The zero-order valence-corrected chi connectivity index (χ0v) is 16.5. The SMILES string of the molecule is CCCCOC(=O)CCN1C(=O)/C(=C/c2cccc(Br)c2)SC1=S. The Labute approximate surface area is 159 Å². The van der Waals surface area contributed by atoms with E-state index in [1.807, 2.05) is 37.3 Å². The van der Waals surface area contributed by atoms with Crippen molar-refractivity contribution >= 4 is 62.2 Å². The first-order valence-electron chi connectivity index (χ1n) is 7.68. The van der Waals surface area contributed by atoms with Gasteiger partial charge in [0.25, 0.3) is 5.91 Å². The minimum absolute atomic E-state index is 0.153. The Kier molecular flexibility index (Phi) is 7.45. The Morgan fingerprint density at radius 2 is 2.25 bits per heavy atom. The van der Waals surface area contributed by atoms with E-state index in [4.69, 9.17) is 17.0 Å².